The highest BCUT2D eigenvalue weighted by atomic mass is 16.1. The minimum atomic E-state index is -0.334. The quantitative estimate of drug-likeness (QED) is 0.609. The van der Waals surface area contributed by atoms with Crippen molar-refractivity contribution in [2.24, 2.45) is 0 Å². The molecule has 0 fully saturated rings. The zero-order valence-electron chi connectivity index (χ0n) is 9.48. The molecule has 0 aliphatic rings. The number of carbonyl (C=O) groups excluding carboxylic acids is 1. The second-order valence-corrected chi connectivity index (χ2v) is 4.08. The fourth-order valence-corrected chi connectivity index (χ4v) is 1.23. The SMILES string of the molecule is C=C(C)CC(=O)C(C)(CC)N(C)C. The summed E-state index contributed by atoms with van der Waals surface area (Å²) >= 11 is 0. The molecule has 0 heterocycles. The molecule has 0 radical (unpaired) electrons. The first-order valence-corrected chi connectivity index (χ1v) is 4.69. The molecule has 0 bridgehead atoms. The van der Waals surface area contributed by atoms with Gasteiger partial charge < -0.3 is 0 Å². The summed E-state index contributed by atoms with van der Waals surface area (Å²) in [4.78, 5) is 13.8. The summed E-state index contributed by atoms with van der Waals surface area (Å²) in [5.74, 6) is 0.257. The normalized spacial score (nSPS) is 15.5. The maximum absolute atomic E-state index is 11.8. The van der Waals surface area contributed by atoms with Gasteiger partial charge in [0.1, 0.15) is 0 Å². The van der Waals surface area contributed by atoms with Crippen molar-refractivity contribution in [1.82, 2.24) is 4.90 Å². The molecule has 13 heavy (non-hydrogen) atoms. The Morgan fingerprint density at radius 1 is 1.46 bits per heavy atom. The summed E-state index contributed by atoms with van der Waals surface area (Å²) < 4.78 is 0. The van der Waals surface area contributed by atoms with Gasteiger partial charge in [-0.2, -0.15) is 0 Å². The fraction of sp³-hybridized carbons (Fsp3) is 0.727. The lowest BCUT2D eigenvalue weighted by Gasteiger charge is -2.34. The molecule has 0 saturated carbocycles. The minimum Gasteiger partial charge on any atom is -0.297 e. The molecule has 76 valence electrons. The lowest BCUT2D eigenvalue weighted by atomic mass is 9.88. The van der Waals surface area contributed by atoms with Crippen molar-refractivity contribution < 1.29 is 4.79 Å². The van der Waals surface area contributed by atoms with Gasteiger partial charge in [-0.3, -0.25) is 9.69 Å². The average Bonchev–Trinajstić information content (AvgIpc) is 2.01. The summed E-state index contributed by atoms with van der Waals surface area (Å²) in [7, 11) is 3.89. The van der Waals surface area contributed by atoms with Gasteiger partial charge in [0, 0.05) is 6.42 Å². The molecule has 0 amide bonds. The number of hydrogen-bond donors (Lipinski definition) is 0. The van der Waals surface area contributed by atoms with Crippen molar-refractivity contribution in [3.8, 4) is 0 Å². The number of ketones is 1. The smallest absolute Gasteiger partial charge is 0.156 e. The van der Waals surface area contributed by atoms with Crippen molar-refractivity contribution >= 4 is 5.78 Å². The molecular formula is C11H21NO. The first-order chi connectivity index (χ1) is 5.84. The standard InChI is InChI=1S/C11H21NO/c1-7-11(4,12(5)6)10(13)8-9(2)3/h2,7-8H2,1,3-6H3. The number of rotatable bonds is 5. The van der Waals surface area contributed by atoms with Crippen LogP contribution in [-0.2, 0) is 4.79 Å². The van der Waals surface area contributed by atoms with Gasteiger partial charge in [-0.15, -0.1) is 0 Å². The van der Waals surface area contributed by atoms with E-state index in [4.69, 9.17) is 0 Å². The maximum Gasteiger partial charge on any atom is 0.156 e. The largest absolute Gasteiger partial charge is 0.297 e. The lowest BCUT2D eigenvalue weighted by molar-refractivity contribution is -0.128. The van der Waals surface area contributed by atoms with Gasteiger partial charge >= 0.3 is 0 Å². The van der Waals surface area contributed by atoms with Crippen LogP contribution in [0.3, 0.4) is 0 Å². The molecule has 0 aliphatic carbocycles. The monoisotopic (exact) mass is 183 g/mol. The highest BCUT2D eigenvalue weighted by Gasteiger charge is 2.32. The number of hydrogen-bond acceptors (Lipinski definition) is 2. The van der Waals surface area contributed by atoms with Gasteiger partial charge in [0.2, 0.25) is 0 Å². The van der Waals surface area contributed by atoms with Crippen LogP contribution in [0.4, 0.5) is 0 Å². The number of likely N-dealkylation sites (N-methyl/N-ethyl adjacent to an activating group) is 1. The van der Waals surface area contributed by atoms with Gasteiger partial charge in [-0.05, 0) is 34.4 Å². The van der Waals surface area contributed by atoms with E-state index in [2.05, 4.69) is 6.58 Å². The maximum atomic E-state index is 11.8. The van der Waals surface area contributed by atoms with Crippen LogP contribution in [0.15, 0.2) is 12.2 Å². The van der Waals surface area contributed by atoms with Gasteiger partial charge in [-0.25, -0.2) is 0 Å². The van der Waals surface area contributed by atoms with Crippen molar-refractivity contribution in [3.05, 3.63) is 12.2 Å². The third kappa shape index (κ3) is 2.96. The number of nitrogens with zero attached hydrogens (tertiary/aromatic N) is 1. The molecule has 0 aromatic rings. The van der Waals surface area contributed by atoms with Crippen LogP contribution in [0.1, 0.15) is 33.6 Å². The Balaban J connectivity index is 4.57. The molecule has 1 atom stereocenters. The van der Waals surface area contributed by atoms with E-state index in [0.717, 1.165) is 12.0 Å². The van der Waals surface area contributed by atoms with Gasteiger partial charge in [-0.1, -0.05) is 19.1 Å². The Kier molecular flexibility index (Phi) is 4.34. The van der Waals surface area contributed by atoms with E-state index in [9.17, 15) is 4.79 Å². The van der Waals surface area contributed by atoms with E-state index in [1.807, 2.05) is 39.8 Å². The summed E-state index contributed by atoms with van der Waals surface area (Å²) in [5.41, 5.74) is 0.602. The Hall–Kier alpha value is -0.630. The highest BCUT2D eigenvalue weighted by molar-refractivity contribution is 5.89. The van der Waals surface area contributed by atoms with Crippen molar-refractivity contribution in [2.75, 3.05) is 14.1 Å². The van der Waals surface area contributed by atoms with E-state index in [0.29, 0.717) is 6.42 Å². The Morgan fingerprint density at radius 2 is 1.92 bits per heavy atom. The van der Waals surface area contributed by atoms with E-state index in [1.54, 1.807) is 0 Å². The predicted molar refractivity (Wildman–Crippen MR) is 56.8 cm³/mol. The van der Waals surface area contributed by atoms with Crippen LogP contribution in [0, 0.1) is 0 Å². The molecule has 0 aromatic carbocycles. The number of carbonyl (C=O) groups is 1. The minimum absolute atomic E-state index is 0.257. The third-order valence-corrected chi connectivity index (χ3v) is 2.74. The molecular weight excluding hydrogens is 162 g/mol. The summed E-state index contributed by atoms with van der Waals surface area (Å²) in [5, 5.41) is 0. The van der Waals surface area contributed by atoms with Crippen molar-refractivity contribution in [1.29, 1.82) is 0 Å². The Bertz CT molecular complexity index is 208. The molecule has 0 N–H and O–H groups in total. The van der Waals surface area contributed by atoms with Gasteiger partial charge in [0.05, 0.1) is 5.54 Å². The molecule has 1 unspecified atom stereocenters. The highest BCUT2D eigenvalue weighted by Crippen LogP contribution is 2.20. The molecule has 2 nitrogen and oxygen atoms in total. The summed E-state index contributed by atoms with van der Waals surface area (Å²) in [6.07, 6.45) is 1.33. The van der Waals surface area contributed by atoms with Crippen LogP contribution in [-0.4, -0.2) is 30.3 Å². The van der Waals surface area contributed by atoms with E-state index in [1.165, 1.54) is 0 Å². The second kappa shape index (κ2) is 4.56. The Morgan fingerprint density at radius 3 is 2.15 bits per heavy atom. The topological polar surface area (TPSA) is 20.3 Å². The summed E-state index contributed by atoms with van der Waals surface area (Å²) in [6.45, 7) is 9.68. The molecule has 0 rings (SSSR count). The van der Waals surface area contributed by atoms with Crippen LogP contribution in [0.2, 0.25) is 0 Å². The first-order valence-electron chi connectivity index (χ1n) is 4.69. The van der Waals surface area contributed by atoms with Crippen LogP contribution < -0.4 is 0 Å². The molecule has 0 aromatic heterocycles. The molecule has 2 heteroatoms. The van der Waals surface area contributed by atoms with Gasteiger partial charge in [0.15, 0.2) is 5.78 Å². The predicted octanol–water partition coefficient (Wildman–Crippen LogP) is 2.25. The molecule has 0 saturated heterocycles. The molecule has 0 aliphatic heterocycles. The van der Waals surface area contributed by atoms with Gasteiger partial charge in [0.25, 0.3) is 0 Å². The van der Waals surface area contributed by atoms with Crippen LogP contribution >= 0.6 is 0 Å². The van der Waals surface area contributed by atoms with Crippen molar-refractivity contribution in [2.45, 2.75) is 39.2 Å². The zero-order chi connectivity index (χ0) is 10.6. The van der Waals surface area contributed by atoms with Crippen LogP contribution in [0.25, 0.3) is 0 Å². The zero-order valence-corrected chi connectivity index (χ0v) is 9.48. The molecule has 0 spiro atoms. The van der Waals surface area contributed by atoms with Crippen LogP contribution in [0.5, 0.6) is 0 Å². The average molecular weight is 183 g/mol. The van der Waals surface area contributed by atoms with E-state index in [-0.39, 0.29) is 11.3 Å². The number of Topliss-reactive ketones (excluding diaryl/α,β-unsaturated/α-hetero) is 1. The van der Waals surface area contributed by atoms with E-state index < -0.39 is 0 Å². The third-order valence-electron chi connectivity index (χ3n) is 2.74. The summed E-state index contributed by atoms with van der Waals surface area (Å²) in [6, 6.07) is 0. The first kappa shape index (κ1) is 12.4. The number of allylic oxidation sites excluding steroid dienone is 1. The second-order valence-electron chi connectivity index (χ2n) is 4.08. The Labute approximate surface area is 81.6 Å². The van der Waals surface area contributed by atoms with E-state index >= 15 is 0 Å². The lowest BCUT2D eigenvalue weighted by Crippen LogP contribution is -2.48. The fourth-order valence-electron chi connectivity index (χ4n) is 1.23. The van der Waals surface area contributed by atoms with Crippen molar-refractivity contribution in [3.63, 3.8) is 0 Å².